The standard InChI is InChI=1S/C18H16FN3OS/c1-11-3-5-14(6-4-11)17-20-18(22-21-17)24-12(2)16(23)13-7-9-15(19)10-8-13/h3-10,12H,1-2H3,(H,20,21,22)/t12-/m1/s1. The Bertz CT molecular complexity index is 843. The molecule has 122 valence electrons. The summed E-state index contributed by atoms with van der Waals surface area (Å²) < 4.78 is 12.9. The van der Waals surface area contributed by atoms with Gasteiger partial charge < -0.3 is 0 Å². The summed E-state index contributed by atoms with van der Waals surface area (Å²) in [5.74, 6) is 0.226. The smallest absolute Gasteiger partial charge is 0.209 e. The summed E-state index contributed by atoms with van der Waals surface area (Å²) in [6.07, 6.45) is 0. The zero-order chi connectivity index (χ0) is 17.1. The summed E-state index contributed by atoms with van der Waals surface area (Å²) in [5.41, 5.74) is 2.59. The van der Waals surface area contributed by atoms with Gasteiger partial charge in [0.1, 0.15) is 5.82 Å². The molecule has 24 heavy (non-hydrogen) atoms. The zero-order valence-corrected chi connectivity index (χ0v) is 14.1. The molecule has 0 aliphatic heterocycles. The van der Waals surface area contributed by atoms with Gasteiger partial charge in [-0.3, -0.25) is 9.89 Å². The molecule has 6 heteroatoms. The summed E-state index contributed by atoms with van der Waals surface area (Å²) in [6, 6.07) is 13.5. The molecule has 0 unspecified atom stereocenters. The first-order valence-electron chi connectivity index (χ1n) is 7.49. The number of hydrogen-bond donors (Lipinski definition) is 1. The molecule has 1 heterocycles. The maximum absolute atomic E-state index is 12.9. The van der Waals surface area contributed by atoms with Crippen molar-refractivity contribution in [3.63, 3.8) is 0 Å². The van der Waals surface area contributed by atoms with Crippen molar-refractivity contribution >= 4 is 17.5 Å². The molecule has 0 saturated heterocycles. The molecule has 4 nitrogen and oxygen atoms in total. The van der Waals surface area contributed by atoms with Crippen LogP contribution in [0.4, 0.5) is 4.39 Å². The van der Waals surface area contributed by atoms with Gasteiger partial charge in [0.05, 0.1) is 5.25 Å². The molecule has 0 saturated carbocycles. The van der Waals surface area contributed by atoms with Crippen molar-refractivity contribution in [1.82, 2.24) is 15.2 Å². The molecule has 0 aliphatic rings. The lowest BCUT2D eigenvalue weighted by atomic mass is 10.1. The molecule has 2 aromatic carbocycles. The number of H-pyrrole nitrogens is 1. The van der Waals surface area contributed by atoms with Crippen molar-refractivity contribution in [2.24, 2.45) is 0 Å². The van der Waals surface area contributed by atoms with Crippen LogP contribution in [0.3, 0.4) is 0 Å². The zero-order valence-electron chi connectivity index (χ0n) is 13.3. The third-order valence-electron chi connectivity index (χ3n) is 3.57. The maximum Gasteiger partial charge on any atom is 0.209 e. The first kappa shape index (κ1) is 16.4. The number of aromatic nitrogens is 3. The number of ketones is 1. The second-order valence-electron chi connectivity index (χ2n) is 5.46. The number of nitrogens with one attached hydrogen (secondary N) is 1. The number of thioether (sulfide) groups is 1. The fourth-order valence-electron chi connectivity index (χ4n) is 2.20. The molecular weight excluding hydrogens is 325 g/mol. The Labute approximate surface area is 143 Å². The van der Waals surface area contributed by atoms with Crippen LogP contribution in [0.2, 0.25) is 0 Å². The summed E-state index contributed by atoms with van der Waals surface area (Å²) in [7, 11) is 0. The van der Waals surface area contributed by atoms with Crippen LogP contribution in [0.25, 0.3) is 11.4 Å². The molecule has 0 fully saturated rings. The van der Waals surface area contributed by atoms with E-state index < -0.39 is 0 Å². The van der Waals surface area contributed by atoms with Crippen LogP contribution >= 0.6 is 11.8 Å². The van der Waals surface area contributed by atoms with E-state index in [9.17, 15) is 9.18 Å². The minimum absolute atomic E-state index is 0.0818. The van der Waals surface area contributed by atoms with Crippen LogP contribution in [0.1, 0.15) is 22.8 Å². The SMILES string of the molecule is Cc1ccc(-c2nc(S[C@H](C)C(=O)c3ccc(F)cc3)n[nH]2)cc1. The lowest BCUT2D eigenvalue weighted by Gasteiger charge is -2.07. The Kier molecular flexibility index (Phi) is 4.76. The van der Waals surface area contributed by atoms with E-state index in [0.717, 1.165) is 5.56 Å². The molecule has 0 radical (unpaired) electrons. The van der Waals surface area contributed by atoms with Gasteiger partial charge in [-0.15, -0.1) is 5.10 Å². The Morgan fingerprint density at radius 3 is 2.46 bits per heavy atom. The van der Waals surface area contributed by atoms with E-state index in [2.05, 4.69) is 15.2 Å². The quantitative estimate of drug-likeness (QED) is 0.556. The summed E-state index contributed by atoms with van der Waals surface area (Å²) in [6.45, 7) is 3.81. The Hall–Kier alpha value is -2.47. The first-order valence-corrected chi connectivity index (χ1v) is 8.37. The monoisotopic (exact) mass is 341 g/mol. The van der Waals surface area contributed by atoms with Crippen molar-refractivity contribution in [3.8, 4) is 11.4 Å². The predicted molar refractivity (Wildman–Crippen MR) is 92.6 cm³/mol. The van der Waals surface area contributed by atoms with E-state index in [1.165, 1.54) is 41.6 Å². The van der Waals surface area contributed by atoms with Crippen molar-refractivity contribution in [2.75, 3.05) is 0 Å². The highest BCUT2D eigenvalue weighted by molar-refractivity contribution is 8.00. The number of halogens is 1. The highest BCUT2D eigenvalue weighted by Crippen LogP contribution is 2.25. The van der Waals surface area contributed by atoms with Gasteiger partial charge in [-0.25, -0.2) is 9.37 Å². The number of carbonyl (C=O) groups is 1. The fraction of sp³-hybridized carbons (Fsp3) is 0.167. The number of hydrogen-bond acceptors (Lipinski definition) is 4. The molecule has 3 aromatic rings. The minimum Gasteiger partial charge on any atom is -0.293 e. The van der Waals surface area contributed by atoms with E-state index in [-0.39, 0.29) is 16.9 Å². The van der Waals surface area contributed by atoms with Gasteiger partial charge in [-0.05, 0) is 38.1 Å². The number of nitrogens with zero attached hydrogens (tertiary/aromatic N) is 2. The second kappa shape index (κ2) is 6.97. The van der Waals surface area contributed by atoms with Gasteiger partial charge in [0.15, 0.2) is 11.6 Å². The number of Topliss-reactive ketones (excluding diaryl/α,β-unsaturated/α-hetero) is 1. The number of aryl methyl sites for hydroxylation is 1. The molecule has 0 spiro atoms. The van der Waals surface area contributed by atoms with E-state index in [1.54, 1.807) is 6.92 Å². The highest BCUT2D eigenvalue weighted by atomic mass is 32.2. The Morgan fingerprint density at radius 2 is 1.79 bits per heavy atom. The molecule has 0 aliphatic carbocycles. The van der Waals surface area contributed by atoms with E-state index in [0.29, 0.717) is 16.5 Å². The van der Waals surface area contributed by atoms with Crippen LogP contribution < -0.4 is 0 Å². The van der Waals surface area contributed by atoms with Gasteiger partial charge in [0.2, 0.25) is 5.16 Å². The van der Waals surface area contributed by atoms with Crippen LogP contribution in [0.5, 0.6) is 0 Å². The van der Waals surface area contributed by atoms with Crippen molar-refractivity contribution in [3.05, 3.63) is 65.5 Å². The molecule has 0 amide bonds. The van der Waals surface area contributed by atoms with Crippen LogP contribution in [-0.4, -0.2) is 26.2 Å². The van der Waals surface area contributed by atoms with Crippen molar-refractivity contribution < 1.29 is 9.18 Å². The summed E-state index contributed by atoms with van der Waals surface area (Å²) in [4.78, 5) is 16.8. The lowest BCUT2D eigenvalue weighted by Crippen LogP contribution is -2.13. The van der Waals surface area contributed by atoms with Gasteiger partial charge in [-0.2, -0.15) is 0 Å². The average molecular weight is 341 g/mol. The highest BCUT2D eigenvalue weighted by Gasteiger charge is 2.19. The van der Waals surface area contributed by atoms with Gasteiger partial charge >= 0.3 is 0 Å². The van der Waals surface area contributed by atoms with E-state index in [4.69, 9.17) is 0 Å². The maximum atomic E-state index is 12.9. The third kappa shape index (κ3) is 3.71. The summed E-state index contributed by atoms with van der Waals surface area (Å²) in [5, 5.41) is 7.19. The first-order chi connectivity index (χ1) is 11.5. The average Bonchev–Trinajstić information content (AvgIpc) is 3.04. The third-order valence-corrected chi connectivity index (χ3v) is 4.53. The normalized spacial score (nSPS) is 12.1. The van der Waals surface area contributed by atoms with Crippen molar-refractivity contribution in [1.29, 1.82) is 0 Å². The molecule has 1 N–H and O–H groups in total. The lowest BCUT2D eigenvalue weighted by molar-refractivity contribution is 0.0994. The summed E-state index contributed by atoms with van der Waals surface area (Å²) >= 11 is 1.27. The number of rotatable bonds is 5. The van der Waals surface area contributed by atoms with Gasteiger partial charge in [0, 0.05) is 11.1 Å². The predicted octanol–water partition coefficient (Wildman–Crippen LogP) is 4.28. The van der Waals surface area contributed by atoms with Crippen molar-refractivity contribution in [2.45, 2.75) is 24.3 Å². The van der Waals surface area contributed by atoms with Crippen LogP contribution in [0, 0.1) is 12.7 Å². The van der Waals surface area contributed by atoms with E-state index in [1.807, 2.05) is 31.2 Å². The fourth-order valence-corrected chi connectivity index (χ4v) is 3.00. The van der Waals surface area contributed by atoms with Gasteiger partial charge in [0.25, 0.3) is 0 Å². The molecule has 3 rings (SSSR count). The minimum atomic E-state index is -0.364. The Morgan fingerprint density at radius 1 is 1.12 bits per heavy atom. The van der Waals surface area contributed by atoms with E-state index >= 15 is 0 Å². The van der Waals surface area contributed by atoms with Crippen LogP contribution in [-0.2, 0) is 0 Å². The second-order valence-corrected chi connectivity index (χ2v) is 6.77. The number of carbonyl (C=O) groups excluding carboxylic acids is 1. The largest absolute Gasteiger partial charge is 0.293 e. The molecular formula is C18H16FN3OS. The molecule has 1 aromatic heterocycles. The topological polar surface area (TPSA) is 58.6 Å². The van der Waals surface area contributed by atoms with Crippen LogP contribution in [0.15, 0.2) is 53.7 Å². The Balaban J connectivity index is 1.70. The molecule has 1 atom stereocenters. The number of aromatic amines is 1. The van der Waals surface area contributed by atoms with Gasteiger partial charge in [-0.1, -0.05) is 41.6 Å². The molecule has 0 bridgehead atoms. The number of benzene rings is 2.